The molecule has 30 heavy (non-hydrogen) atoms. The molecule has 0 spiro atoms. The Hall–Kier alpha value is -3.26. The highest BCUT2D eigenvalue weighted by molar-refractivity contribution is 7.11. The predicted octanol–water partition coefficient (Wildman–Crippen LogP) is 4.96. The van der Waals surface area contributed by atoms with Gasteiger partial charge in [0.05, 0.1) is 29.5 Å². The third kappa shape index (κ3) is 5.01. The van der Waals surface area contributed by atoms with Crippen molar-refractivity contribution in [3.63, 3.8) is 0 Å². The molecule has 8 heteroatoms. The normalized spacial score (nSPS) is 11.5. The van der Waals surface area contributed by atoms with Gasteiger partial charge in [0.2, 0.25) is 0 Å². The third-order valence-corrected chi connectivity index (χ3v) is 5.57. The Morgan fingerprint density at radius 2 is 2.17 bits per heavy atom. The summed E-state index contributed by atoms with van der Waals surface area (Å²) < 4.78 is 6.98. The van der Waals surface area contributed by atoms with Crippen molar-refractivity contribution in [2.75, 3.05) is 7.11 Å². The van der Waals surface area contributed by atoms with Crippen LogP contribution in [0.4, 0.5) is 5.69 Å². The summed E-state index contributed by atoms with van der Waals surface area (Å²) >= 11 is 1.46. The molecule has 0 fully saturated rings. The first-order valence-corrected chi connectivity index (χ1v) is 10.5. The van der Waals surface area contributed by atoms with E-state index >= 15 is 0 Å². The number of unbranched alkanes of at least 4 members (excludes halogenated alkanes) is 1. The van der Waals surface area contributed by atoms with Gasteiger partial charge in [0.1, 0.15) is 5.82 Å². The van der Waals surface area contributed by atoms with E-state index in [9.17, 15) is 14.9 Å². The zero-order chi connectivity index (χ0) is 21.5. The van der Waals surface area contributed by atoms with E-state index in [0.717, 1.165) is 41.2 Å². The number of rotatable bonds is 9. The third-order valence-electron chi connectivity index (χ3n) is 4.67. The van der Waals surface area contributed by atoms with Gasteiger partial charge < -0.3 is 9.30 Å². The van der Waals surface area contributed by atoms with Gasteiger partial charge in [-0.05, 0) is 29.5 Å². The van der Waals surface area contributed by atoms with Gasteiger partial charge in [-0.25, -0.2) is 9.78 Å². The summed E-state index contributed by atoms with van der Waals surface area (Å²) in [6.45, 7) is 2.53. The molecular weight excluding hydrogens is 402 g/mol. The van der Waals surface area contributed by atoms with Crippen LogP contribution in [0.2, 0.25) is 0 Å². The number of thiophene rings is 1. The van der Waals surface area contributed by atoms with E-state index in [1.54, 1.807) is 24.4 Å². The number of hydrogen-bond acceptors (Lipinski definition) is 6. The lowest BCUT2D eigenvalue weighted by Gasteiger charge is -2.12. The van der Waals surface area contributed by atoms with Crippen molar-refractivity contribution < 1.29 is 14.5 Å². The summed E-state index contributed by atoms with van der Waals surface area (Å²) in [5.74, 6) is 0.459. The second-order valence-electron chi connectivity index (χ2n) is 6.74. The fraction of sp³-hybridized carbons (Fsp3) is 0.273. The van der Waals surface area contributed by atoms with Crippen molar-refractivity contribution in [2.24, 2.45) is 0 Å². The molecule has 0 atom stereocenters. The average Bonchev–Trinajstić information content (AvgIpc) is 3.41. The second kappa shape index (κ2) is 9.98. The fourth-order valence-corrected chi connectivity index (χ4v) is 3.86. The molecule has 0 saturated carbocycles. The quantitative estimate of drug-likeness (QED) is 0.209. The maximum Gasteiger partial charge on any atom is 0.339 e. The topological polar surface area (TPSA) is 87.3 Å². The Morgan fingerprint density at radius 3 is 2.83 bits per heavy atom. The van der Waals surface area contributed by atoms with E-state index in [1.165, 1.54) is 24.5 Å². The molecule has 0 amide bonds. The van der Waals surface area contributed by atoms with Crippen LogP contribution in [0.1, 0.15) is 41.7 Å². The van der Waals surface area contributed by atoms with Gasteiger partial charge in [-0.1, -0.05) is 31.5 Å². The van der Waals surface area contributed by atoms with Gasteiger partial charge in [-0.2, -0.15) is 0 Å². The van der Waals surface area contributed by atoms with Gasteiger partial charge in [0, 0.05) is 30.0 Å². The summed E-state index contributed by atoms with van der Waals surface area (Å²) in [4.78, 5) is 28.5. The minimum absolute atomic E-state index is 0.0497. The molecule has 7 nitrogen and oxygen atoms in total. The monoisotopic (exact) mass is 425 g/mol. The van der Waals surface area contributed by atoms with Crippen LogP contribution < -0.4 is 0 Å². The molecule has 0 radical (unpaired) electrons. The second-order valence-corrected chi connectivity index (χ2v) is 7.69. The Balaban J connectivity index is 2.04. The molecule has 1 aromatic carbocycles. The van der Waals surface area contributed by atoms with Crippen LogP contribution in [0.5, 0.6) is 0 Å². The molecule has 0 bridgehead atoms. The number of ether oxygens (including phenoxy) is 1. The van der Waals surface area contributed by atoms with Crippen LogP contribution in [-0.4, -0.2) is 27.6 Å². The number of carbonyl (C=O) groups excluding carboxylic acids is 1. The number of esters is 1. The molecule has 3 rings (SSSR count). The lowest BCUT2D eigenvalue weighted by molar-refractivity contribution is -0.384. The summed E-state index contributed by atoms with van der Waals surface area (Å²) in [7, 11) is 1.36. The number of nitrogens with zero attached hydrogens (tertiary/aromatic N) is 3. The Kier molecular flexibility index (Phi) is 7.13. The number of aryl methyl sites for hydroxylation is 1. The Labute approximate surface area is 178 Å². The highest BCUT2D eigenvalue weighted by Gasteiger charge is 2.17. The van der Waals surface area contributed by atoms with Gasteiger partial charge in [0.25, 0.3) is 5.69 Å². The van der Waals surface area contributed by atoms with E-state index in [-0.39, 0.29) is 5.69 Å². The highest BCUT2D eigenvalue weighted by Crippen LogP contribution is 2.25. The highest BCUT2D eigenvalue weighted by atomic mass is 32.1. The molecule has 2 heterocycles. The fourth-order valence-electron chi connectivity index (χ4n) is 3.13. The number of nitro benzene ring substituents is 1. The van der Waals surface area contributed by atoms with Crippen LogP contribution in [-0.2, 0) is 22.5 Å². The molecule has 0 unspecified atom stereocenters. The maximum absolute atomic E-state index is 12.4. The van der Waals surface area contributed by atoms with Crippen LogP contribution in [0.3, 0.4) is 0 Å². The van der Waals surface area contributed by atoms with Crippen molar-refractivity contribution in [2.45, 2.75) is 32.7 Å². The summed E-state index contributed by atoms with van der Waals surface area (Å²) in [6, 6.07) is 10.3. The van der Waals surface area contributed by atoms with E-state index < -0.39 is 10.9 Å². The molecule has 0 N–H and O–H groups in total. The van der Waals surface area contributed by atoms with Gasteiger partial charge in [-0.3, -0.25) is 10.1 Å². The number of benzene rings is 1. The Morgan fingerprint density at radius 1 is 1.33 bits per heavy atom. The minimum atomic E-state index is -0.421. The lowest BCUT2D eigenvalue weighted by atomic mass is 10.1. The molecule has 0 aliphatic heterocycles. The molecule has 3 aromatic rings. The number of non-ortho nitro benzene ring substituents is 1. The lowest BCUT2D eigenvalue weighted by Crippen LogP contribution is -2.09. The number of aromatic nitrogens is 2. The molecule has 2 aromatic heterocycles. The summed E-state index contributed by atoms with van der Waals surface area (Å²) in [6.07, 6.45) is 6.30. The summed E-state index contributed by atoms with van der Waals surface area (Å²) in [5, 5.41) is 13.0. The first-order chi connectivity index (χ1) is 14.5. The van der Waals surface area contributed by atoms with Crippen LogP contribution in [0.25, 0.3) is 11.6 Å². The van der Waals surface area contributed by atoms with Crippen molar-refractivity contribution in [1.82, 2.24) is 9.55 Å². The van der Waals surface area contributed by atoms with Gasteiger partial charge in [0.15, 0.2) is 0 Å². The number of carbonyl (C=O) groups is 1. The molecule has 0 aliphatic carbocycles. The predicted molar refractivity (Wildman–Crippen MR) is 117 cm³/mol. The SMILES string of the molecule is CCCCc1ncc(C=C(C(=O)OC)c2cccs2)n1Cc1cccc([N+](=O)[O-])c1. The average molecular weight is 426 g/mol. The van der Waals surface area contributed by atoms with Crippen molar-refractivity contribution in [3.8, 4) is 0 Å². The van der Waals surface area contributed by atoms with E-state index in [0.29, 0.717) is 12.1 Å². The molecule has 0 aliphatic rings. The smallest absolute Gasteiger partial charge is 0.339 e. The van der Waals surface area contributed by atoms with Crippen molar-refractivity contribution in [3.05, 3.63) is 80.0 Å². The largest absolute Gasteiger partial charge is 0.465 e. The van der Waals surface area contributed by atoms with E-state index in [1.807, 2.05) is 28.1 Å². The van der Waals surface area contributed by atoms with E-state index in [4.69, 9.17) is 4.74 Å². The first-order valence-electron chi connectivity index (χ1n) is 9.65. The Bertz CT molecular complexity index is 1050. The van der Waals surface area contributed by atoms with Gasteiger partial charge >= 0.3 is 5.97 Å². The molecular formula is C22H23N3O4S. The molecule has 156 valence electrons. The van der Waals surface area contributed by atoms with Crippen molar-refractivity contribution in [1.29, 1.82) is 0 Å². The minimum Gasteiger partial charge on any atom is -0.465 e. The number of nitro groups is 1. The van der Waals surface area contributed by atoms with Crippen LogP contribution >= 0.6 is 11.3 Å². The van der Waals surface area contributed by atoms with Crippen LogP contribution in [0.15, 0.2) is 48.0 Å². The number of hydrogen-bond donors (Lipinski definition) is 0. The zero-order valence-electron chi connectivity index (χ0n) is 16.9. The molecule has 0 saturated heterocycles. The van der Waals surface area contributed by atoms with Crippen molar-refractivity contribution >= 4 is 34.6 Å². The number of imidazole rings is 1. The zero-order valence-corrected chi connectivity index (χ0v) is 17.7. The summed E-state index contributed by atoms with van der Waals surface area (Å²) in [5.41, 5.74) is 2.05. The maximum atomic E-state index is 12.4. The van der Waals surface area contributed by atoms with E-state index in [2.05, 4.69) is 11.9 Å². The van der Waals surface area contributed by atoms with Gasteiger partial charge in [-0.15, -0.1) is 11.3 Å². The first kappa shape index (κ1) is 21.4. The standard InChI is InChI=1S/C22H23N3O4S/c1-3-4-10-21-23-14-18(13-19(22(26)29-2)20-9-6-11-30-20)24(21)15-16-7-5-8-17(12-16)25(27)28/h5-9,11-14H,3-4,10,15H2,1-2H3. The van der Waals surface area contributed by atoms with Crippen LogP contribution in [0, 0.1) is 10.1 Å². The number of methoxy groups -OCH3 is 1.